The van der Waals surface area contributed by atoms with Gasteiger partial charge in [-0.2, -0.15) is 0 Å². The lowest BCUT2D eigenvalue weighted by molar-refractivity contribution is 0.122. The molecule has 4 heterocycles. The molecule has 1 unspecified atom stereocenters. The van der Waals surface area contributed by atoms with E-state index in [9.17, 15) is 0 Å². The second-order valence-corrected chi connectivity index (χ2v) is 12.8. The summed E-state index contributed by atoms with van der Waals surface area (Å²) in [4.78, 5) is 7.27. The number of para-hydroxylation sites is 1. The molecular formula is C38H37N7O. The molecule has 0 bridgehead atoms. The quantitative estimate of drug-likeness (QED) is 0.264. The monoisotopic (exact) mass is 607 g/mol. The van der Waals surface area contributed by atoms with Crippen LogP contribution in [-0.4, -0.2) is 72.9 Å². The van der Waals surface area contributed by atoms with Crippen LogP contribution in [0.1, 0.15) is 33.7 Å². The van der Waals surface area contributed by atoms with Crippen molar-refractivity contribution in [1.29, 1.82) is 0 Å². The van der Waals surface area contributed by atoms with Crippen molar-refractivity contribution < 1.29 is 4.74 Å². The SMILES string of the molecule is c1ccc2c(c1)CCc1cc(N3CCN(c4ccccc4C4Cc5cc(N6CCOCC6)nnc5-c5ccccc54)CC3)nnc1-2. The Hall–Kier alpha value is -4.82. The Morgan fingerprint density at radius 1 is 0.522 bits per heavy atom. The van der Waals surface area contributed by atoms with Gasteiger partial charge in [-0.3, -0.25) is 0 Å². The summed E-state index contributed by atoms with van der Waals surface area (Å²) in [7, 11) is 0. The first-order chi connectivity index (χ1) is 22.8. The molecule has 8 heteroatoms. The molecule has 230 valence electrons. The average molecular weight is 608 g/mol. The zero-order valence-electron chi connectivity index (χ0n) is 26.0. The van der Waals surface area contributed by atoms with Gasteiger partial charge >= 0.3 is 0 Å². The van der Waals surface area contributed by atoms with E-state index >= 15 is 0 Å². The summed E-state index contributed by atoms with van der Waals surface area (Å²) in [6.45, 7) is 6.89. The third kappa shape index (κ3) is 4.79. The largest absolute Gasteiger partial charge is 0.378 e. The van der Waals surface area contributed by atoms with Crippen LogP contribution in [0.5, 0.6) is 0 Å². The Balaban J connectivity index is 0.978. The number of benzene rings is 3. The van der Waals surface area contributed by atoms with Gasteiger partial charge in [-0.05, 0) is 65.3 Å². The maximum Gasteiger partial charge on any atom is 0.151 e. The van der Waals surface area contributed by atoms with E-state index in [1.807, 2.05) is 0 Å². The van der Waals surface area contributed by atoms with E-state index < -0.39 is 0 Å². The summed E-state index contributed by atoms with van der Waals surface area (Å²) in [6.07, 6.45) is 2.99. The molecule has 0 amide bonds. The standard InChI is InChI=1S/C38H37N7O/c1-2-8-29-26(7-1)13-14-27-24-35(39-41-37(27)29)44-17-15-43(16-18-44)34-12-6-5-10-31(34)33-23-28-25-36(45-19-21-46-22-20-45)40-42-38(28)32-11-4-3-9-30(32)33/h1-12,24-25,33H,13-23H2. The van der Waals surface area contributed by atoms with Gasteiger partial charge in [0, 0.05) is 62.0 Å². The molecule has 2 aliphatic heterocycles. The summed E-state index contributed by atoms with van der Waals surface area (Å²) < 4.78 is 5.59. The molecule has 2 aromatic heterocycles. The fraction of sp³-hybridized carbons (Fsp3) is 0.316. The first kappa shape index (κ1) is 27.5. The zero-order valence-corrected chi connectivity index (χ0v) is 26.0. The number of anilines is 3. The number of nitrogens with zero attached hydrogens (tertiary/aromatic N) is 7. The second-order valence-electron chi connectivity index (χ2n) is 12.8. The highest BCUT2D eigenvalue weighted by Gasteiger charge is 2.31. The lowest BCUT2D eigenvalue weighted by atomic mass is 9.77. The Morgan fingerprint density at radius 3 is 1.91 bits per heavy atom. The molecular weight excluding hydrogens is 570 g/mol. The fourth-order valence-corrected chi connectivity index (χ4v) is 7.85. The average Bonchev–Trinajstić information content (AvgIpc) is 3.14. The van der Waals surface area contributed by atoms with Crippen molar-refractivity contribution in [2.24, 2.45) is 0 Å². The number of rotatable bonds is 4. The van der Waals surface area contributed by atoms with Gasteiger partial charge in [0.15, 0.2) is 11.6 Å². The van der Waals surface area contributed by atoms with E-state index in [1.54, 1.807) is 0 Å². The highest BCUT2D eigenvalue weighted by molar-refractivity contribution is 5.74. The van der Waals surface area contributed by atoms with E-state index in [1.165, 1.54) is 44.6 Å². The molecule has 4 aliphatic rings. The van der Waals surface area contributed by atoms with Crippen molar-refractivity contribution in [1.82, 2.24) is 20.4 Å². The maximum atomic E-state index is 5.59. The van der Waals surface area contributed by atoms with Crippen LogP contribution in [0.4, 0.5) is 17.3 Å². The lowest BCUT2D eigenvalue weighted by Crippen LogP contribution is -2.47. The Morgan fingerprint density at radius 2 is 1.11 bits per heavy atom. The molecule has 2 fully saturated rings. The third-order valence-corrected chi connectivity index (χ3v) is 10.3. The molecule has 0 spiro atoms. The highest BCUT2D eigenvalue weighted by atomic mass is 16.5. The molecule has 8 nitrogen and oxygen atoms in total. The maximum absolute atomic E-state index is 5.59. The summed E-state index contributed by atoms with van der Waals surface area (Å²) >= 11 is 0. The number of hydrogen-bond donors (Lipinski definition) is 0. The van der Waals surface area contributed by atoms with Crippen molar-refractivity contribution in [3.8, 4) is 22.5 Å². The fourth-order valence-electron chi connectivity index (χ4n) is 7.85. The van der Waals surface area contributed by atoms with E-state index in [0.29, 0.717) is 0 Å². The molecule has 1 atom stereocenters. The van der Waals surface area contributed by atoms with E-state index in [2.05, 4.69) is 105 Å². The van der Waals surface area contributed by atoms with Crippen molar-refractivity contribution in [3.63, 3.8) is 0 Å². The van der Waals surface area contributed by atoms with Crippen LogP contribution in [0.25, 0.3) is 22.5 Å². The molecule has 2 saturated heterocycles. The summed E-state index contributed by atoms with van der Waals surface area (Å²) in [5, 5.41) is 18.9. The van der Waals surface area contributed by atoms with Crippen molar-refractivity contribution in [2.75, 3.05) is 67.2 Å². The molecule has 0 saturated carbocycles. The predicted molar refractivity (Wildman–Crippen MR) is 182 cm³/mol. The summed E-state index contributed by atoms with van der Waals surface area (Å²) in [5.74, 6) is 2.20. The van der Waals surface area contributed by atoms with Gasteiger partial charge in [-0.15, -0.1) is 20.4 Å². The van der Waals surface area contributed by atoms with Crippen LogP contribution in [-0.2, 0) is 24.0 Å². The number of fused-ring (bicyclic) bond motifs is 6. The Bertz CT molecular complexity index is 1910. The van der Waals surface area contributed by atoms with Gasteiger partial charge in [-0.25, -0.2) is 0 Å². The minimum Gasteiger partial charge on any atom is -0.378 e. The van der Waals surface area contributed by atoms with Gasteiger partial charge in [0.25, 0.3) is 0 Å². The molecule has 9 rings (SSSR count). The second kappa shape index (κ2) is 11.5. The normalized spacial score (nSPS) is 18.8. The summed E-state index contributed by atoms with van der Waals surface area (Å²) in [5.41, 5.74) is 12.5. The van der Waals surface area contributed by atoms with Gasteiger partial charge < -0.3 is 19.4 Å². The molecule has 46 heavy (non-hydrogen) atoms. The smallest absolute Gasteiger partial charge is 0.151 e. The van der Waals surface area contributed by atoms with Crippen molar-refractivity contribution in [2.45, 2.75) is 25.2 Å². The van der Waals surface area contributed by atoms with Crippen molar-refractivity contribution in [3.05, 3.63) is 113 Å². The minimum absolute atomic E-state index is 0.244. The zero-order chi connectivity index (χ0) is 30.5. The van der Waals surface area contributed by atoms with Gasteiger partial charge in [0.05, 0.1) is 24.6 Å². The van der Waals surface area contributed by atoms with Crippen molar-refractivity contribution >= 4 is 17.3 Å². The molecule has 0 radical (unpaired) electrons. The predicted octanol–water partition coefficient (Wildman–Crippen LogP) is 5.55. The molecule has 5 aromatic rings. The number of morpholine rings is 1. The topological polar surface area (TPSA) is 70.5 Å². The number of hydrogen-bond acceptors (Lipinski definition) is 8. The lowest BCUT2D eigenvalue weighted by Gasteiger charge is -2.39. The highest BCUT2D eigenvalue weighted by Crippen LogP contribution is 2.45. The van der Waals surface area contributed by atoms with Gasteiger partial charge in [-0.1, -0.05) is 66.7 Å². The van der Waals surface area contributed by atoms with Crippen LogP contribution in [0.2, 0.25) is 0 Å². The first-order valence-corrected chi connectivity index (χ1v) is 16.6. The number of piperazine rings is 1. The summed E-state index contributed by atoms with van der Waals surface area (Å²) in [6, 6.07) is 31.0. The van der Waals surface area contributed by atoms with E-state index in [-0.39, 0.29) is 5.92 Å². The van der Waals surface area contributed by atoms with E-state index in [4.69, 9.17) is 20.0 Å². The van der Waals surface area contributed by atoms with Crippen LogP contribution >= 0.6 is 0 Å². The molecule has 0 N–H and O–H groups in total. The number of aryl methyl sites for hydroxylation is 2. The minimum atomic E-state index is 0.244. The van der Waals surface area contributed by atoms with Crippen LogP contribution < -0.4 is 14.7 Å². The molecule has 3 aromatic carbocycles. The molecule has 2 aliphatic carbocycles. The van der Waals surface area contributed by atoms with Crippen LogP contribution in [0, 0.1) is 0 Å². The van der Waals surface area contributed by atoms with Gasteiger partial charge in [0.2, 0.25) is 0 Å². The first-order valence-electron chi connectivity index (χ1n) is 16.6. The Labute approximate surface area is 269 Å². The van der Waals surface area contributed by atoms with Crippen LogP contribution in [0.3, 0.4) is 0 Å². The van der Waals surface area contributed by atoms with Crippen LogP contribution in [0.15, 0.2) is 84.9 Å². The third-order valence-electron chi connectivity index (χ3n) is 10.3. The number of ether oxygens (including phenoxy) is 1. The Kier molecular flexibility index (Phi) is 6.88. The number of aromatic nitrogens is 4. The van der Waals surface area contributed by atoms with E-state index in [0.717, 1.165) is 94.8 Å². The van der Waals surface area contributed by atoms with Gasteiger partial charge in [0.1, 0.15) is 0 Å².